The number of amides is 1. The maximum atomic E-state index is 11.5. The van der Waals surface area contributed by atoms with Crippen molar-refractivity contribution < 1.29 is 14.3 Å². The van der Waals surface area contributed by atoms with Crippen molar-refractivity contribution in [1.29, 1.82) is 0 Å². The van der Waals surface area contributed by atoms with Gasteiger partial charge in [0.25, 0.3) is 0 Å². The van der Waals surface area contributed by atoms with Crippen molar-refractivity contribution in [3.8, 4) is 0 Å². The van der Waals surface area contributed by atoms with Gasteiger partial charge in [-0.25, -0.2) is 4.79 Å². The van der Waals surface area contributed by atoms with Gasteiger partial charge < -0.3 is 15.4 Å². The van der Waals surface area contributed by atoms with Crippen molar-refractivity contribution in [1.82, 2.24) is 5.32 Å². The minimum atomic E-state index is -0.762. The van der Waals surface area contributed by atoms with Crippen LogP contribution in [0.3, 0.4) is 0 Å². The van der Waals surface area contributed by atoms with E-state index in [4.69, 9.17) is 11.6 Å². The van der Waals surface area contributed by atoms with Crippen molar-refractivity contribution in [3.05, 3.63) is 27.7 Å². The van der Waals surface area contributed by atoms with Gasteiger partial charge in [-0.1, -0.05) is 27.5 Å². The Bertz CT molecular complexity index is 482. The van der Waals surface area contributed by atoms with Crippen LogP contribution in [0.5, 0.6) is 0 Å². The number of benzene rings is 1. The summed E-state index contributed by atoms with van der Waals surface area (Å²) in [4.78, 5) is 22.5. The van der Waals surface area contributed by atoms with Gasteiger partial charge in [-0.15, -0.1) is 0 Å². The van der Waals surface area contributed by atoms with Gasteiger partial charge in [0.15, 0.2) is 0 Å². The minimum absolute atomic E-state index is 0.188. The fourth-order valence-corrected chi connectivity index (χ4v) is 2.17. The summed E-state index contributed by atoms with van der Waals surface area (Å²) in [6.07, 6.45) is 0. The molecule has 0 fully saturated rings. The molecule has 1 aromatic rings. The number of methoxy groups -OCH3 is 1. The van der Waals surface area contributed by atoms with E-state index in [2.05, 4.69) is 31.3 Å². The molecule has 2 N–H and O–H groups in total. The number of anilines is 1. The molecule has 104 valence electrons. The van der Waals surface area contributed by atoms with E-state index in [-0.39, 0.29) is 12.5 Å². The van der Waals surface area contributed by atoms with Crippen LogP contribution in [0.15, 0.2) is 22.7 Å². The van der Waals surface area contributed by atoms with Gasteiger partial charge in [0.1, 0.15) is 6.04 Å². The van der Waals surface area contributed by atoms with Gasteiger partial charge in [-0.2, -0.15) is 0 Å². The van der Waals surface area contributed by atoms with Gasteiger partial charge in [0.05, 0.1) is 17.8 Å². The molecule has 19 heavy (non-hydrogen) atoms. The van der Waals surface area contributed by atoms with E-state index >= 15 is 0 Å². The van der Waals surface area contributed by atoms with E-state index in [1.807, 2.05) is 6.07 Å². The number of ether oxygens (including phenoxy) is 1. The average Bonchev–Trinajstić information content (AvgIpc) is 2.34. The molecule has 1 aromatic carbocycles. The lowest BCUT2D eigenvalue weighted by molar-refractivity contribution is -0.144. The van der Waals surface area contributed by atoms with Crippen molar-refractivity contribution >= 4 is 45.1 Å². The first-order valence-electron chi connectivity index (χ1n) is 5.48. The molecule has 0 spiro atoms. The molecule has 0 bridgehead atoms. The molecule has 1 atom stereocenters. The second-order valence-electron chi connectivity index (χ2n) is 3.78. The van der Waals surface area contributed by atoms with Gasteiger partial charge in [-0.05, 0) is 18.2 Å². The molecule has 1 rings (SSSR count). The highest BCUT2D eigenvalue weighted by molar-refractivity contribution is 9.10. The van der Waals surface area contributed by atoms with Crippen LogP contribution in [0.1, 0.15) is 6.92 Å². The van der Waals surface area contributed by atoms with E-state index in [9.17, 15) is 9.59 Å². The molecule has 1 amide bonds. The molecule has 5 nitrogen and oxygen atoms in total. The number of hydrogen-bond donors (Lipinski definition) is 2. The summed E-state index contributed by atoms with van der Waals surface area (Å²) in [5, 5.41) is 6.01. The third-order valence-corrected chi connectivity index (χ3v) is 3.10. The second kappa shape index (κ2) is 7.35. The zero-order valence-electron chi connectivity index (χ0n) is 10.5. The molecule has 0 radical (unpaired) electrons. The van der Waals surface area contributed by atoms with Crippen LogP contribution in [0.2, 0.25) is 5.02 Å². The summed E-state index contributed by atoms with van der Waals surface area (Å²) in [7, 11) is 1.27. The summed E-state index contributed by atoms with van der Waals surface area (Å²) >= 11 is 9.34. The standard InChI is InChI=1S/C12H14BrClN2O3/c1-7(17)16-11(12(18)19-2)6-15-10-4-3-8(13)5-9(10)14/h3-5,11,15H,6H2,1-2H3,(H,16,17). The minimum Gasteiger partial charge on any atom is -0.467 e. The topological polar surface area (TPSA) is 67.4 Å². The molecule has 7 heteroatoms. The van der Waals surface area contributed by atoms with Gasteiger partial charge in [0.2, 0.25) is 5.91 Å². The number of halogens is 2. The van der Waals surface area contributed by atoms with E-state index in [0.29, 0.717) is 10.7 Å². The number of carbonyl (C=O) groups is 2. The van der Waals surface area contributed by atoms with E-state index in [1.165, 1.54) is 14.0 Å². The molecule has 0 heterocycles. The van der Waals surface area contributed by atoms with Crippen LogP contribution < -0.4 is 10.6 Å². The highest BCUT2D eigenvalue weighted by Gasteiger charge is 2.20. The van der Waals surface area contributed by atoms with Crippen molar-refractivity contribution in [3.63, 3.8) is 0 Å². The largest absolute Gasteiger partial charge is 0.467 e. The number of rotatable bonds is 5. The Balaban J connectivity index is 2.70. The monoisotopic (exact) mass is 348 g/mol. The van der Waals surface area contributed by atoms with E-state index < -0.39 is 12.0 Å². The molecular weight excluding hydrogens is 336 g/mol. The molecule has 0 aliphatic heterocycles. The Morgan fingerprint density at radius 2 is 2.16 bits per heavy atom. The maximum absolute atomic E-state index is 11.5. The molecular formula is C12H14BrClN2O3. The Morgan fingerprint density at radius 1 is 1.47 bits per heavy atom. The fraction of sp³-hybridized carbons (Fsp3) is 0.333. The lowest BCUT2D eigenvalue weighted by atomic mass is 10.2. The fourth-order valence-electron chi connectivity index (χ4n) is 1.43. The lowest BCUT2D eigenvalue weighted by Gasteiger charge is -2.17. The first-order chi connectivity index (χ1) is 8.93. The first kappa shape index (κ1) is 15.8. The smallest absolute Gasteiger partial charge is 0.330 e. The Hall–Kier alpha value is -1.27. The molecule has 0 aromatic heterocycles. The summed E-state index contributed by atoms with van der Waals surface area (Å²) in [5.41, 5.74) is 0.670. The molecule has 0 saturated carbocycles. The Morgan fingerprint density at radius 3 is 2.68 bits per heavy atom. The van der Waals surface area contributed by atoms with Crippen LogP contribution in [0.4, 0.5) is 5.69 Å². The summed E-state index contributed by atoms with van der Waals surface area (Å²) in [6, 6.07) is 4.56. The second-order valence-corrected chi connectivity index (χ2v) is 5.10. The highest BCUT2D eigenvalue weighted by Crippen LogP contribution is 2.25. The normalized spacial score (nSPS) is 11.6. The maximum Gasteiger partial charge on any atom is 0.330 e. The van der Waals surface area contributed by atoms with Crippen LogP contribution in [-0.2, 0) is 14.3 Å². The predicted octanol–water partition coefficient (Wildman–Crippen LogP) is 2.19. The van der Waals surface area contributed by atoms with Crippen molar-refractivity contribution in [2.45, 2.75) is 13.0 Å². The van der Waals surface area contributed by atoms with Gasteiger partial charge in [0, 0.05) is 17.9 Å². The molecule has 1 unspecified atom stereocenters. The average molecular weight is 350 g/mol. The summed E-state index contributed by atoms with van der Waals surface area (Å²) < 4.78 is 5.47. The van der Waals surface area contributed by atoms with Crippen LogP contribution in [0, 0.1) is 0 Å². The molecule has 0 aliphatic carbocycles. The quantitative estimate of drug-likeness (QED) is 0.800. The molecule has 0 saturated heterocycles. The number of carbonyl (C=O) groups excluding carboxylic acids is 2. The number of nitrogens with one attached hydrogen (secondary N) is 2. The van der Waals surface area contributed by atoms with E-state index in [1.54, 1.807) is 12.1 Å². The number of esters is 1. The third kappa shape index (κ3) is 5.08. The molecule has 0 aliphatic rings. The predicted molar refractivity (Wildman–Crippen MR) is 77.3 cm³/mol. The highest BCUT2D eigenvalue weighted by atomic mass is 79.9. The van der Waals surface area contributed by atoms with Crippen molar-refractivity contribution in [2.24, 2.45) is 0 Å². The van der Waals surface area contributed by atoms with Crippen LogP contribution in [-0.4, -0.2) is 31.6 Å². The zero-order chi connectivity index (χ0) is 14.4. The third-order valence-electron chi connectivity index (χ3n) is 2.29. The van der Waals surface area contributed by atoms with Crippen LogP contribution in [0.25, 0.3) is 0 Å². The first-order valence-corrected chi connectivity index (χ1v) is 6.65. The zero-order valence-corrected chi connectivity index (χ0v) is 12.8. The van der Waals surface area contributed by atoms with Gasteiger partial charge >= 0.3 is 5.97 Å². The van der Waals surface area contributed by atoms with Gasteiger partial charge in [-0.3, -0.25) is 4.79 Å². The van der Waals surface area contributed by atoms with E-state index in [0.717, 1.165) is 4.47 Å². The number of hydrogen-bond acceptors (Lipinski definition) is 4. The summed E-state index contributed by atoms with van der Waals surface area (Å²) in [5.74, 6) is -0.824. The summed E-state index contributed by atoms with van der Waals surface area (Å²) in [6.45, 7) is 1.52. The van der Waals surface area contributed by atoms with Crippen molar-refractivity contribution in [2.75, 3.05) is 19.0 Å². The van der Waals surface area contributed by atoms with Crippen LogP contribution >= 0.6 is 27.5 Å². The SMILES string of the molecule is COC(=O)C(CNc1ccc(Br)cc1Cl)NC(C)=O. The Kier molecular flexibility index (Phi) is 6.11. The Labute approximate surface area is 124 Å². The lowest BCUT2D eigenvalue weighted by Crippen LogP contribution is -2.45.